The Labute approximate surface area is 147 Å². The van der Waals surface area contributed by atoms with Crippen LogP contribution in [0.4, 0.5) is 0 Å². The van der Waals surface area contributed by atoms with Gasteiger partial charge < -0.3 is 9.64 Å². The molecule has 2 aliphatic rings. The molecule has 2 saturated heterocycles. The normalized spacial score (nSPS) is 23.2. The Balaban J connectivity index is 1.72. The average Bonchev–Trinajstić information content (AvgIpc) is 2.62. The molecule has 2 aliphatic heterocycles. The summed E-state index contributed by atoms with van der Waals surface area (Å²) < 4.78 is 32.3. The van der Waals surface area contributed by atoms with Gasteiger partial charge in [-0.1, -0.05) is 11.6 Å². The molecule has 1 atom stereocenters. The van der Waals surface area contributed by atoms with E-state index in [1.54, 1.807) is 17.0 Å². The molecule has 0 radical (unpaired) electrons. The molecular formula is C16H21ClN2O4S. The van der Waals surface area contributed by atoms with Gasteiger partial charge in [0.15, 0.2) is 0 Å². The van der Waals surface area contributed by atoms with E-state index in [4.69, 9.17) is 16.3 Å². The fourth-order valence-corrected chi connectivity index (χ4v) is 4.81. The Morgan fingerprint density at radius 1 is 1.12 bits per heavy atom. The van der Waals surface area contributed by atoms with Gasteiger partial charge in [-0.25, -0.2) is 8.42 Å². The molecule has 0 aliphatic carbocycles. The molecule has 1 amide bonds. The summed E-state index contributed by atoms with van der Waals surface area (Å²) in [7, 11) is -3.60. The number of carbonyl (C=O) groups is 1. The molecule has 8 heteroatoms. The first kappa shape index (κ1) is 17.7. The number of halogens is 1. The lowest BCUT2D eigenvalue weighted by Crippen LogP contribution is -2.49. The second-order valence-corrected chi connectivity index (χ2v) is 8.47. The van der Waals surface area contributed by atoms with Crippen molar-refractivity contribution in [2.24, 2.45) is 5.92 Å². The highest BCUT2D eigenvalue weighted by Crippen LogP contribution is 2.26. The molecule has 3 rings (SSSR count). The molecule has 24 heavy (non-hydrogen) atoms. The predicted octanol–water partition coefficient (Wildman–Crippen LogP) is 1.60. The van der Waals surface area contributed by atoms with E-state index < -0.39 is 10.0 Å². The highest BCUT2D eigenvalue weighted by molar-refractivity contribution is 7.89. The van der Waals surface area contributed by atoms with Crippen LogP contribution in [-0.2, 0) is 19.6 Å². The molecule has 0 aromatic heterocycles. The van der Waals surface area contributed by atoms with Gasteiger partial charge in [0.05, 0.1) is 24.0 Å². The first-order chi connectivity index (χ1) is 11.5. The quantitative estimate of drug-likeness (QED) is 0.808. The summed E-state index contributed by atoms with van der Waals surface area (Å²) in [4.78, 5) is 14.6. The third-order valence-corrected chi connectivity index (χ3v) is 6.64. The van der Waals surface area contributed by atoms with Gasteiger partial charge in [-0.3, -0.25) is 4.79 Å². The number of hydrogen-bond donors (Lipinski definition) is 0. The molecular weight excluding hydrogens is 352 g/mol. The number of hydrogen-bond acceptors (Lipinski definition) is 4. The van der Waals surface area contributed by atoms with Crippen molar-refractivity contribution in [2.45, 2.75) is 17.7 Å². The second-order valence-electron chi connectivity index (χ2n) is 6.09. The number of morpholine rings is 1. The number of piperidine rings is 1. The zero-order valence-corrected chi connectivity index (χ0v) is 14.9. The summed E-state index contributed by atoms with van der Waals surface area (Å²) in [6.45, 7) is 2.94. The van der Waals surface area contributed by atoms with Crippen molar-refractivity contribution in [3.8, 4) is 0 Å². The number of ether oxygens (including phenoxy) is 1. The van der Waals surface area contributed by atoms with E-state index in [2.05, 4.69) is 0 Å². The standard InChI is InChI=1S/C16H21ClN2O4S/c17-14-3-5-15(6-4-14)24(21,22)19-7-1-2-13(12-19)16(20)18-8-10-23-11-9-18/h3-6,13H,1-2,7-12H2/t13-/m1/s1. The van der Waals surface area contributed by atoms with Crippen molar-refractivity contribution in [3.63, 3.8) is 0 Å². The average molecular weight is 373 g/mol. The molecule has 0 saturated carbocycles. The number of benzene rings is 1. The Hall–Kier alpha value is -1.15. The predicted molar refractivity (Wildman–Crippen MR) is 90.3 cm³/mol. The van der Waals surface area contributed by atoms with E-state index in [1.165, 1.54) is 16.4 Å². The van der Waals surface area contributed by atoms with Crippen LogP contribution in [0.3, 0.4) is 0 Å². The van der Waals surface area contributed by atoms with E-state index >= 15 is 0 Å². The van der Waals surface area contributed by atoms with Crippen LogP contribution in [0.25, 0.3) is 0 Å². The van der Waals surface area contributed by atoms with Crippen LogP contribution in [0.15, 0.2) is 29.2 Å². The third kappa shape index (κ3) is 3.74. The lowest BCUT2D eigenvalue weighted by Gasteiger charge is -2.35. The summed E-state index contributed by atoms with van der Waals surface area (Å²) in [5, 5.41) is 0.493. The molecule has 2 fully saturated rings. The SMILES string of the molecule is O=C([C@@H]1CCCN(S(=O)(=O)c2ccc(Cl)cc2)C1)N1CCOCC1. The van der Waals surface area contributed by atoms with E-state index in [1.807, 2.05) is 0 Å². The van der Waals surface area contributed by atoms with Crippen LogP contribution >= 0.6 is 11.6 Å². The van der Waals surface area contributed by atoms with Crippen molar-refractivity contribution in [3.05, 3.63) is 29.3 Å². The van der Waals surface area contributed by atoms with Gasteiger partial charge in [0.1, 0.15) is 0 Å². The minimum atomic E-state index is -3.60. The Morgan fingerprint density at radius 2 is 1.79 bits per heavy atom. The van der Waals surface area contributed by atoms with E-state index in [0.29, 0.717) is 44.3 Å². The highest BCUT2D eigenvalue weighted by atomic mass is 35.5. The first-order valence-electron chi connectivity index (χ1n) is 8.11. The monoisotopic (exact) mass is 372 g/mol. The number of nitrogens with zero attached hydrogens (tertiary/aromatic N) is 2. The highest BCUT2D eigenvalue weighted by Gasteiger charge is 2.35. The van der Waals surface area contributed by atoms with E-state index in [-0.39, 0.29) is 23.3 Å². The Bertz CT molecular complexity index is 687. The molecule has 0 spiro atoms. The second kappa shape index (κ2) is 7.39. The molecule has 0 N–H and O–H groups in total. The summed E-state index contributed by atoms with van der Waals surface area (Å²) in [5.74, 6) is -0.242. The third-order valence-electron chi connectivity index (χ3n) is 4.51. The minimum Gasteiger partial charge on any atom is -0.378 e. The smallest absolute Gasteiger partial charge is 0.243 e. The molecule has 2 heterocycles. The molecule has 6 nitrogen and oxygen atoms in total. The fourth-order valence-electron chi connectivity index (χ4n) is 3.16. The van der Waals surface area contributed by atoms with Crippen LogP contribution in [-0.4, -0.2) is 62.9 Å². The van der Waals surface area contributed by atoms with Crippen molar-refractivity contribution in [1.82, 2.24) is 9.21 Å². The Morgan fingerprint density at radius 3 is 2.46 bits per heavy atom. The molecule has 1 aromatic carbocycles. The molecule has 1 aromatic rings. The lowest BCUT2D eigenvalue weighted by atomic mass is 9.98. The maximum absolute atomic E-state index is 12.8. The maximum Gasteiger partial charge on any atom is 0.243 e. The maximum atomic E-state index is 12.8. The van der Waals surface area contributed by atoms with Gasteiger partial charge >= 0.3 is 0 Å². The molecule has 132 valence electrons. The Kier molecular flexibility index (Phi) is 5.44. The zero-order valence-electron chi connectivity index (χ0n) is 13.4. The number of carbonyl (C=O) groups excluding carboxylic acids is 1. The number of amides is 1. The van der Waals surface area contributed by atoms with Crippen molar-refractivity contribution in [2.75, 3.05) is 39.4 Å². The summed E-state index contributed by atoms with van der Waals surface area (Å²) >= 11 is 5.83. The number of sulfonamides is 1. The lowest BCUT2D eigenvalue weighted by molar-refractivity contribution is -0.140. The van der Waals surface area contributed by atoms with E-state index in [0.717, 1.165) is 6.42 Å². The van der Waals surface area contributed by atoms with Gasteiger partial charge in [-0.2, -0.15) is 4.31 Å². The van der Waals surface area contributed by atoms with Gasteiger partial charge in [0.2, 0.25) is 15.9 Å². The topological polar surface area (TPSA) is 66.9 Å². The molecule has 0 unspecified atom stereocenters. The fraction of sp³-hybridized carbons (Fsp3) is 0.562. The summed E-state index contributed by atoms with van der Waals surface area (Å²) in [6, 6.07) is 6.14. The van der Waals surface area contributed by atoms with E-state index in [9.17, 15) is 13.2 Å². The van der Waals surface area contributed by atoms with Gasteiger partial charge in [0.25, 0.3) is 0 Å². The largest absolute Gasteiger partial charge is 0.378 e. The summed E-state index contributed by atoms with van der Waals surface area (Å²) in [5.41, 5.74) is 0. The van der Waals surface area contributed by atoms with Gasteiger partial charge in [-0.15, -0.1) is 0 Å². The van der Waals surface area contributed by atoms with Crippen molar-refractivity contribution < 1.29 is 17.9 Å². The summed E-state index contributed by atoms with van der Waals surface area (Å²) in [6.07, 6.45) is 1.41. The van der Waals surface area contributed by atoms with Crippen LogP contribution in [0, 0.1) is 5.92 Å². The van der Waals surface area contributed by atoms with Gasteiger partial charge in [0, 0.05) is 31.2 Å². The van der Waals surface area contributed by atoms with Crippen LogP contribution < -0.4 is 0 Å². The molecule has 0 bridgehead atoms. The number of rotatable bonds is 3. The first-order valence-corrected chi connectivity index (χ1v) is 9.92. The van der Waals surface area contributed by atoms with Crippen LogP contribution in [0.1, 0.15) is 12.8 Å². The van der Waals surface area contributed by atoms with Crippen LogP contribution in [0.2, 0.25) is 5.02 Å². The van der Waals surface area contributed by atoms with Crippen molar-refractivity contribution in [1.29, 1.82) is 0 Å². The van der Waals surface area contributed by atoms with Gasteiger partial charge in [-0.05, 0) is 37.1 Å². The van der Waals surface area contributed by atoms with Crippen LogP contribution in [0.5, 0.6) is 0 Å². The zero-order chi connectivity index (χ0) is 17.2. The van der Waals surface area contributed by atoms with Crippen molar-refractivity contribution >= 4 is 27.5 Å². The minimum absolute atomic E-state index is 0.0364.